The Morgan fingerprint density at radius 2 is 1.88 bits per heavy atom. The number of piperidine rings is 1. The lowest BCUT2D eigenvalue weighted by molar-refractivity contribution is -0.148. The Kier molecular flexibility index (Phi) is 6.61. The van der Waals surface area contributed by atoms with Crippen LogP contribution in [0.15, 0.2) is 42.0 Å². The summed E-state index contributed by atoms with van der Waals surface area (Å²) in [5.74, 6) is 0.0784. The van der Waals surface area contributed by atoms with Gasteiger partial charge < -0.3 is 19.8 Å². The van der Waals surface area contributed by atoms with Crippen LogP contribution in [0.2, 0.25) is 5.02 Å². The van der Waals surface area contributed by atoms with Crippen molar-refractivity contribution in [2.75, 3.05) is 26.2 Å². The Balaban J connectivity index is 1.73. The molecule has 0 atom stereocenters. The number of carboxylic acid groups (broad SMARTS) is 1. The molecule has 2 aliphatic heterocycles. The number of hydrogen-bond acceptors (Lipinski definition) is 4. The maximum atomic E-state index is 11.6. The molecule has 2 heterocycles. The van der Waals surface area contributed by atoms with E-state index in [1.54, 1.807) is 13.8 Å². The highest BCUT2D eigenvalue weighted by molar-refractivity contribution is 6.30. The number of aliphatic carboxylic acids is 1. The molecule has 0 aromatic heterocycles. The smallest absolute Gasteiger partial charge is 0.310 e. The lowest BCUT2D eigenvalue weighted by Gasteiger charge is -2.34. The molecule has 0 saturated carbocycles. The summed E-state index contributed by atoms with van der Waals surface area (Å²) in [4.78, 5) is 13.8. The van der Waals surface area contributed by atoms with Crippen LogP contribution in [0.25, 0.3) is 5.57 Å². The van der Waals surface area contributed by atoms with E-state index in [9.17, 15) is 15.0 Å². The third-order valence-corrected chi connectivity index (χ3v) is 6.68. The van der Waals surface area contributed by atoms with Gasteiger partial charge in [0.15, 0.2) is 0 Å². The van der Waals surface area contributed by atoms with E-state index in [-0.39, 0.29) is 6.61 Å². The fraction of sp³-hybridized carbons (Fsp3) is 0.423. The second kappa shape index (κ2) is 9.26. The van der Waals surface area contributed by atoms with Crippen molar-refractivity contribution in [3.63, 3.8) is 0 Å². The molecule has 0 aliphatic carbocycles. The van der Waals surface area contributed by atoms with Crippen LogP contribution in [0.5, 0.6) is 5.75 Å². The summed E-state index contributed by atoms with van der Waals surface area (Å²) in [6.07, 6.45) is 2.34. The SMILES string of the molecule is CC(C)(CN1CCC(=C2c3ccc(Cl)cc3COc3ccc(CCO)cc32)CC1)C(=O)O. The second-order valence-electron chi connectivity index (χ2n) is 9.34. The summed E-state index contributed by atoms with van der Waals surface area (Å²) in [7, 11) is 0. The number of likely N-dealkylation sites (tertiary alicyclic amines) is 1. The summed E-state index contributed by atoms with van der Waals surface area (Å²) < 4.78 is 6.17. The fourth-order valence-electron chi connectivity index (χ4n) is 4.65. The largest absolute Gasteiger partial charge is 0.488 e. The number of fused-ring (bicyclic) bond motifs is 2. The summed E-state index contributed by atoms with van der Waals surface area (Å²) >= 11 is 6.29. The minimum absolute atomic E-state index is 0.103. The summed E-state index contributed by atoms with van der Waals surface area (Å²) in [6, 6.07) is 12.1. The Bertz CT molecular complexity index is 1050. The molecule has 2 aromatic carbocycles. The molecule has 2 aromatic rings. The normalized spacial score (nSPS) is 16.8. The molecule has 170 valence electrons. The van der Waals surface area contributed by atoms with Crippen LogP contribution in [0.4, 0.5) is 0 Å². The van der Waals surface area contributed by atoms with Crippen molar-refractivity contribution in [3.05, 3.63) is 69.2 Å². The average Bonchev–Trinajstić information content (AvgIpc) is 2.90. The van der Waals surface area contributed by atoms with Gasteiger partial charge in [-0.05, 0) is 79.6 Å². The highest BCUT2D eigenvalue weighted by Gasteiger charge is 2.32. The molecule has 1 saturated heterocycles. The van der Waals surface area contributed by atoms with Crippen molar-refractivity contribution < 1.29 is 19.7 Å². The van der Waals surface area contributed by atoms with Gasteiger partial charge in [0.05, 0.1) is 5.41 Å². The quantitative estimate of drug-likeness (QED) is 0.679. The summed E-state index contributed by atoms with van der Waals surface area (Å²) in [6.45, 7) is 6.31. The third kappa shape index (κ3) is 4.70. The van der Waals surface area contributed by atoms with E-state index < -0.39 is 11.4 Å². The number of carbonyl (C=O) groups is 1. The zero-order chi connectivity index (χ0) is 22.9. The Hall–Kier alpha value is -2.34. The molecule has 0 bridgehead atoms. The van der Waals surface area contributed by atoms with Crippen LogP contribution in [0.1, 0.15) is 48.9 Å². The molecule has 2 aliphatic rings. The summed E-state index contributed by atoms with van der Waals surface area (Å²) in [5, 5.41) is 19.6. The minimum Gasteiger partial charge on any atom is -0.488 e. The molecule has 0 radical (unpaired) electrons. The number of ether oxygens (including phenoxy) is 1. The summed E-state index contributed by atoms with van der Waals surface area (Å²) in [5.41, 5.74) is 6.12. The topological polar surface area (TPSA) is 70.0 Å². The number of aliphatic hydroxyl groups excluding tert-OH is 1. The van der Waals surface area contributed by atoms with E-state index in [1.807, 2.05) is 24.3 Å². The van der Waals surface area contributed by atoms with Crippen LogP contribution in [-0.2, 0) is 17.8 Å². The highest BCUT2D eigenvalue weighted by atomic mass is 35.5. The number of nitrogens with zero attached hydrogens (tertiary/aromatic N) is 1. The Morgan fingerprint density at radius 1 is 1.12 bits per heavy atom. The van der Waals surface area contributed by atoms with Crippen molar-refractivity contribution in [2.45, 2.75) is 39.7 Å². The van der Waals surface area contributed by atoms with Gasteiger partial charge in [-0.25, -0.2) is 0 Å². The van der Waals surface area contributed by atoms with Gasteiger partial charge in [0, 0.05) is 36.8 Å². The minimum atomic E-state index is -0.768. The van der Waals surface area contributed by atoms with E-state index in [0.29, 0.717) is 24.6 Å². The van der Waals surface area contributed by atoms with Crippen molar-refractivity contribution in [2.24, 2.45) is 5.41 Å². The number of halogens is 1. The number of rotatable bonds is 5. The molecular formula is C26H30ClNO4. The van der Waals surface area contributed by atoms with Gasteiger partial charge in [-0.15, -0.1) is 0 Å². The first-order chi connectivity index (χ1) is 15.3. The lowest BCUT2D eigenvalue weighted by Crippen LogP contribution is -2.42. The van der Waals surface area contributed by atoms with E-state index in [2.05, 4.69) is 17.0 Å². The molecule has 0 amide bonds. The second-order valence-corrected chi connectivity index (χ2v) is 9.77. The first kappa shape index (κ1) is 22.8. The predicted molar refractivity (Wildman–Crippen MR) is 126 cm³/mol. The van der Waals surface area contributed by atoms with E-state index >= 15 is 0 Å². The predicted octanol–water partition coefficient (Wildman–Crippen LogP) is 4.78. The molecule has 0 unspecified atom stereocenters. The van der Waals surface area contributed by atoms with Gasteiger partial charge >= 0.3 is 5.97 Å². The van der Waals surface area contributed by atoms with E-state index in [0.717, 1.165) is 53.9 Å². The molecule has 4 rings (SSSR count). The van der Waals surface area contributed by atoms with Gasteiger partial charge in [-0.2, -0.15) is 0 Å². The van der Waals surface area contributed by atoms with Gasteiger partial charge in [0.25, 0.3) is 0 Å². The van der Waals surface area contributed by atoms with Crippen molar-refractivity contribution in [1.29, 1.82) is 0 Å². The highest BCUT2D eigenvalue weighted by Crippen LogP contribution is 2.42. The average molecular weight is 456 g/mol. The van der Waals surface area contributed by atoms with Gasteiger partial charge in [-0.3, -0.25) is 4.79 Å². The molecule has 32 heavy (non-hydrogen) atoms. The number of aliphatic hydroxyl groups is 1. The van der Waals surface area contributed by atoms with Crippen molar-refractivity contribution >= 4 is 23.1 Å². The molecule has 6 heteroatoms. The zero-order valence-corrected chi connectivity index (χ0v) is 19.4. The first-order valence-electron chi connectivity index (χ1n) is 11.1. The fourth-order valence-corrected chi connectivity index (χ4v) is 4.84. The maximum absolute atomic E-state index is 11.6. The van der Waals surface area contributed by atoms with Crippen LogP contribution in [0.3, 0.4) is 0 Å². The lowest BCUT2D eigenvalue weighted by atomic mass is 9.85. The third-order valence-electron chi connectivity index (χ3n) is 6.44. The zero-order valence-electron chi connectivity index (χ0n) is 18.7. The van der Waals surface area contributed by atoms with E-state index in [4.69, 9.17) is 16.3 Å². The maximum Gasteiger partial charge on any atom is 0.310 e. The molecular weight excluding hydrogens is 426 g/mol. The molecule has 2 N–H and O–H groups in total. The van der Waals surface area contributed by atoms with Crippen molar-refractivity contribution in [1.82, 2.24) is 4.90 Å². The van der Waals surface area contributed by atoms with Gasteiger partial charge in [0.1, 0.15) is 12.4 Å². The van der Waals surface area contributed by atoms with Crippen molar-refractivity contribution in [3.8, 4) is 5.75 Å². The van der Waals surface area contributed by atoms with Gasteiger partial charge in [0.2, 0.25) is 0 Å². The number of carboxylic acids is 1. The Labute approximate surface area is 194 Å². The number of benzene rings is 2. The molecule has 0 spiro atoms. The Morgan fingerprint density at radius 3 is 2.56 bits per heavy atom. The van der Waals surface area contributed by atoms with Crippen LogP contribution in [0, 0.1) is 5.41 Å². The molecule has 1 fully saturated rings. The van der Waals surface area contributed by atoms with Crippen LogP contribution >= 0.6 is 11.6 Å². The van der Waals surface area contributed by atoms with Gasteiger partial charge in [-0.1, -0.05) is 29.3 Å². The monoisotopic (exact) mass is 455 g/mol. The van der Waals surface area contributed by atoms with E-state index in [1.165, 1.54) is 11.1 Å². The van der Waals surface area contributed by atoms with Crippen LogP contribution < -0.4 is 4.74 Å². The first-order valence-corrected chi connectivity index (χ1v) is 11.5. The van der Waals surface area contributed by atoms with Crippen LogP contribution in [-0.4, -0.2) is 47.3 Å². The molecule has 5 nitrogen and oxygen atoms in total. The standard InChI is InChI=1S/C26H30ClNO4/c1-26(2,25(30)31)16-28-10-7-18(8-11-28)24-21-5-4-20(27)14-19(21)15-32-23-6-3-17(9-12-29)13-22(23)24/h3-6,13-14,29H,7-12,15-16H2,1-2H3,(H,30,31). The number of hydrogen-bond donors (Lipinski definition) is 2.